The quantitative estimate of drug-likeness (QED) is 0.397. The van der Waals surface area contributed by atoms with Gasteiger partial charge in [0.15, 0.2) is 0 Å². The summed E-state index contributed by atoms with van der Waals surface area (Å²) in [6.45, 7) is 0.0600. The highest BCUT2D eigenvalue weighted by molar-refractivity contribution is 6.32. The van der Waals surface area contributed by atoms with Crippen LogP contribution in [0.25, 0.3) is 6.08 Å². The normalized spacial score (nSPS) is 10.8. The van der Waals surface area contributed by atoms with Crippen LogP contribution in [0, 0.1) is 20.2 Å². The van der Waals surface area contributed by atoms with Gasteiger partial charge in [-0.25, -0.2) is 0 Å². The molecule has 0 saturated carbocycles. The van der Waals surface area contributed by atoms with Crippen molar-refractivity contribution in [1.29, 1.82) is 0 Å². The van der Waals surface area contributed by atoms with Gasteiger partial charge in [-0.15, -0.1) is 0 Å². The fourth-order valence-electron chi connectivity index (χ4n) is 2.20. The summed E-state index contributed by atoms with van der Waals surface area (Å²) in [5.74, 6) is -0.407. The van der Waals surface area contributed by atoms with E-state index in [1.54, 1.807) is 0 Å². The summed E-state index contributed by atoms with van der Waals surface area (Å²) in [6.07, 6.45) is 2.65. The Hall–Kier alpha value is -2.97. The van der Waals surface area contributed by atoms with Crippen LogP contribution in [0.2, 0.25) is 10.0 Å². The summed E-state index contributed by atoms with van der Waals surface area (Å²) in [6, 6.07) is 8.14. The monoisotopic (exact) mass is 409 g/mol. The van der Waals surface area contributed by atoms with E-state index in [1.807, 2.05) is 0 Å². The van der Waals surface area contributed by atoms with Crippen LogP contribution in [-0.4, -0.2) is 27.7 Å². The Morgan fingerprint density at radius 2 is 1.74 bits per heavy atom. The van der Waals surface area contributed by atoms with Gasteiger partial charge in [0.2, 0.25) is 5.91 Å². The number of nitro benzene ring substituents is 2. The molecule has 0 atom stereocenters. The van der Waals surface area contributed by atoms with E-state index in [0.717, 1.165) is 0 Å². The molecule has 0 heterocycles. The third kappa shape index (κ3) is 5.25. The fourth-order valence-corrected chi connectivity index (χ4v) is 2.56. The smallest absolute Gasteiger partial charge is 0.288 e. The highest BCUT2D eigenvalue weighted by Crippen LogP contribution is 2.26. The molecule has 10 heteroatoms. The Bertz CT molecular complexity index is 946. The van der Waals surface area contributed by atoms with Gasteiger partial charge in [-0.3, -0.25) is 25.0 Å². The fraction of sp³-hybridized carbons (Fsp3) is 0.118. The zero-order valence-electron chi connectivity index (χ0n) is 14.0. The molecule has 2 aromatic carbocycles. The number of nitrogens with zero attached hydrogens (tertiary/aromatic N) is 3. The van der Waals surface area contributed by atoms with E-state index < -0.39 is 15.8 Å². The van der Waals surface area contributed by atoms with Gasteiger partial charge in [-0.05, 0) is 29.3 Å². The average Bonchev–Trinajstić information content (AvgIpc) is 2.61. The van der Waals surface area contributed by atoms with Crippen molar-refractivity contribution in [3.8, 4) is 0 Å². The van der Waals surface area contributed by atoms with E-state index >= 15 is 0 Å². The highest BCUT2D eigenvalue weighted by Gasteiger charge is 2.14. The molecule has 0 fully saturated rings. The van der Waals surface area contributed by atoms with Crippen molar-refractivity contribution in [3.63, 3.8) is 0 Å². The van der Waals surface area contributed by atoms with Crippen molar-refractivity contribution in [2.45, 2.75) is 6.54 Å². The van der Waals surface area contributed by atoms with Crippen LogP contribution in [0.1, 0.15) is 11.1 Å². The number of rotatable bonds is 6. The van der Waals surface area contributed by atoms with Gasteiger partial charge in [-0.1, -0.05) is 29.3 Å². The van der Waals surface area contributed by atoms with Crippen molar-refractivity contribution in [2.75, 3.05) is 7.05 Å². The van der Waals surface area contributed by atoms with Crippen LogP contribution in [0.5, 0.6) is 0 Å². The van der Waals surface area contributed by atoms with E-state index in [1.165, 1.54) is 60.5 Å². The average molecular weight is 410 g/mol. The van der Waals surface area contributed by atoms with E-state index in [9.17, 15) is 25.0 Å². The maximum Gasteiger partial charge on any atom is 0.288 e. The Kier molecular flexibility index (Phi) is 6.49. The summed E-state index contributed by atoms with van der Waals surface area (Å²) >= 11 is 11.8. The zero-order chi connectivity index (χ0) is 20.1. The molecular formula is C17H13Cl2N3O5. The topological polar surface area (TPSA) is 107 Å². The van der Waals surface area contributed by atoms with Crippen LogP contribution in [-0.2, 0) is 11.3 Å². The summed E-state index contributed by atoms with van der Waals surface area (Å²) in [5, 5.41) is 22.1. The standard InChI is InChI=1S/C17H13Cl2N3O5/c1-20(10-12-9-13(21(24)25)4-6-14(12)18)17(23)7-3-11-2-5-15(19)16(8-11)22(26)27/h2-9H,10H2,1H3/b7-3+. The van der Waals surface area contributed by atoms with Crippen molar-refractivity contribution in [1.82, 2.24) is 4.90 Å². The number of halogens is 2. The van der Waals surface area contributed by atoms with Crippen LogP contribution >= 0.6 is 23.2 Å². The largest absolute Gasteiger partial charge is 0.338 e. The lowest BCUT2D eigenvalue weighted by atomic mass is 10.1. The van der Waals surface area contributed by atoms with Gasteiger partial charge in [0.25, 0.3) is 11.4 Å². The van der Waals surface area contributed by atoms with Gasteiger partial charge >= 0.3 is 0 Å². The maximum atomic E-state index is 12.2. The second-order valence-electron chi connectivity index (χ2n) is 5.53. The molecule has 0 spiro atoms. The minimum Gasteiger partial charge on any atom is -0.338 e. The van der Waals surface area contributed by atoms with Gasteiger partial charge in [0, 0.05) is 42.9 Å². The van der Waals surface area contributed by atoms with Crippen molar-refractivity contribution < 1.29 is 14.6 Å². The molecule has 0 aliphatic heterocycles. The lowest BCUT2D eigenvalue weighted by Crippen LogP contribution is -2.24. The van der Waals surface area contributed by atoms with Crippen molar-refractivity contribution >= 4 is 46.6 Å². The first kappa shape index (κ1) is 20.3. The van der Waals surface area contributed by atoms with Crippen LogP contribution in [0.4, 0.5) is 11.4 Å². The van der Waals surface area contributed by atoms with Crippen molar-refractivity contribution in [2.24, 2.45) is 0 Å². The third-order valence-electron chi connectivity index (χ3n) is 3.61. The molecule has 0 saturated heterocycles. The van der Waals surface area contributed by atoms with E-state index in [0.29, 0.717) is 16.1 Å². The number of hydrogen-bond donors (Lipinski definition) is 0. The summed E-state index contributed by atoms with van der Waals surface area (Å²) in [7, 11) is 1.51. The number of non-ortho nitro benzene ring substituents is 1. The van der Waals surface area contributed by atoms with E-state index in [4.69, 9.17) is 23.2 Å². The van der Waals surface area contributed by atoms with E-state index in [2.05, 4.69) is 0 Å². The van der Waals surface area contributed by atoms with Crippen LogP contribution in [0.15, 0.2) is 42.5 Å². The molecule has 0 radical (unpaired) electrons. The predicted molar refractivity (Wildman–Crippen MR) is 102 cm³/mol. The minimum atomic E-state index is -0.613. The molecule has 2 aromatic rings. The maximum absolute atomic E-state index is 12.2. The molecule has 0 aromatic heterocycles. The molecule has 8 nitrogen and oxygen atoms in total. The molecule has 0 unspecified atom stereocenters. The molecule has 0 aliphatic rings. The minimum absolute atomic E-state index is 0.000841. The highest BCUT2D eigenvalue weighted by atomic mass is 35.5. The van der Waals surface area contributed by atoms with Crippen LogP contribution in [0.3, 0.4) is 0 Å². The number of carbonyl (C=O) groups excluding carboxylic acids is 1. The first-order valence-electron chi connectivity index (χ1n) is 7.49. The zero-order valence-corrected chi connectivity index (χ0v) is 15.5. The molecule has 0 aliphatic carbocycles. The Morgan fingerprint density at radius 1 is 1.07 bits per heavy atom. The third-order valence-corrected chi connectivity index (χ3v) is 4.30. The molecule has 27 heavy (non-hydrogen) atoms. The number of likely N-dealkylation sites (N-methyl/N-ethyl adjacent to an activating group) is 1. The second kappa shape index (κ2) is 8.61. The lowest BCUT2D eigenvalue weighted by molar-refractivity contribution is -0.385. The molecular weight excluding hydrogens is 397 g/mol. The summed E-state index contributed by atoms with van der Waals surface area (Å²) in [4.78, 5) is 34.1. The number of hydrogen-bond acceptors (Lipinski definition) is 5. The first-order chi connectivity index (χ1) is 12.7. The summed E-state index contributed by atoms with van der Waals surface area (Å²) in [5.41, 5.74) is 0.473. The van der Waals surface area contributed by atoms with E-state index in [-0.39, 0.29) is 22.9 Å². The SMILES string of the molecule is CN(Cc1cc([N+](=O)[O-])ccc1Cl)C(=O)/C=C/c1ccc(Cl)c([N+](=O)[O-])c1. The number of nitro groups is 2. The molecule has 140 valence electrons. The molecule has 1 amide bonds. The molecule has 0 bridgehead atoms. The molecule has 0 N–H and O–H groups in total. The van der Waals surface area contributed by atoms with Gasteiger partial charge in [0.1, 0.15) is 5.02 Å². The predicted octanol–water partition coefficient (Wildman–Crippen LogP) is 4.48. The van der Waals surface area contributed by atoms with Gasteiger partial charge in [-0.2, -0.15) is 0 Å². The first-order valence-corrected chi connectivity index (χ1v) is 8.24. The number of amides is 1. The van der Waals surface area contributed by atoms with Crippen LogP contribution < -0.4 is 0 Å². The lowest BCUT2D eigenvalue weighted by Gasteiger charge is -2.16. The van der Waals surface area contributed by atoms with Crippen molar-refractivity contribution in [3.05, 3.63) is 83.9 Å². The Morgan fingerprint density at radius 3 is 2.37 bits per heavy atom. The number of benzene rings is 2. The second-order valence-corrected chi connectivity index (χ2v) is 6.34. The Balaban J connectivity index is 2.13. The van der Waals surface area contributed by atoms with Gasteiger partial charge < -0.3 is 4.90 Å². The summed E-state index contributed by atoms with van der Waals surface area (Å²) < 4.78 is 0. The van der Waals surface area contributed by atoms with Gasteiger partial charge in [0.05, 0.1) is 9.85 Å². The molecule has 2 rings (SSSR count). The number of carbonyl (C=O) groups is 1. The Labute approximate surface area is 163 Å².